The molecular weight excluding hydrogens is 824 g/mol. The first-order valence-electron chi connectivity index (χ1n) is 13.9. The van der Waals surface area contributed by atoms with Gasteiger partial charge in [-0.3, -0.25) is 0 Å². The average molecular weight is 842 g/mol. The molecule has 50 heavy (non-hydrogen) atoms. The molecule has 262 valence electrons. The van der Waals surface area contributed by atoms with Crippen LogP contribution in [0.2, 0.25) is 0 Å². The normalized spacial score (nSPS) is 12.6. The van der Waals surface area contributed by atoms with Crippen LogP contribution >= 0.6 is 31.9 Å². The molecule has 0 amide bonds. The van der Waals surface area contributed by atoms with Crippen molar-refractivity contribution in [2.24, 2.45) is 0 Å². The third kappa shape index (κ3) is 8.40. The summed E-state index contributed by atoms with van der Waals surface area (Å²) in [5, 5.41) is 0. The number of rotatable bonds is 6. The molecule has 2 nitrogen and oxygen atoms in total. The molecule has 5 aromatic carbocycles. The van der Waals surface area contributed by atoms with E-state index in [2.05, 4.69) is 31.9 Å². The molecule has 0 atom stereocenters. The number of benzene rings is 5. The van der Waals surface area contributed by atoms with E-state index in [0.29, 0.717) is 33.2 Å². The number of hydrogen-bond donors (Lipinski definition) is 0. The Balaban J connectivity index is 1.72. The molecule has 0 bridgehead atoms. The van der Waals surface area contributed by atoms with E-state index in [9.17, 15) is 52.7 Å². The number of hydrogen-bond acceptors (Lipinski definition) is 2. The highest BCUT2D eigenvalue weighted by atomic mass is 79.9. The summed E-state index contributed by atoms with van der Waals surface area (Å²) in [5.74, 6) is 0. The van der Waals surface area contributed by atoms with Crippen molar-refractivity contribution >= 4 is 66.0 Å². The summed E-state index contributed by atoms with van der Waals surface area (Å²) in [6, 6.07) is 18.8. The summed E-state index contributed by atoms with van der Waals surface area (Å²) in [6.45, 7) is 0. The Kier molecular flexibility index (Phi) is 10.0. The quantitative estimate of drug-likeness (QED) is 0.157. The number of alkyl halides is 12. The number of nitrogens with zero attached hydrogens (tertiary/aromatic N) is 2. The Labute approximate surface area is 292 Å². The van der Waals surface area contributed by atoms with Gasteiger partial charge in [-0.2, -0.15) is 52.7 Å². The maximum absolute atomic E-state index is 13.8. The third-order valence-corrected chi connectivity index (χ3v) is 8.25. The van der Waals surface area contributed by atoms with Crippen LogP contribution in [-0.4, -0.2) is 0 Å². The van der Waals surface area contributed by atoms with Gasteiger partial charge in [0.2, 0.25) is 0 Å². The molecule has 0 aliphatic heterocycles. The zero-order valence-electron chi connectivity index (χ0n) is 24.6. The molecule has 0 aliphatic carbocycles. The van der Waals surface area contributed by atoms with Crippen LogP contribution in [0, 0.1) is 0 Å². The van der Waals surface area contributed by atoms with E-state index in [-0.39, 0.29) is 34.9 Å². The Bertz CT molecular complexity index is 1760. The molecule has 0 saturated heterocycles. The fraction of sp³-hybridized carbons (Fsp3) is 0.118. The molecule has 0 unspecified atom stereocenters. The summed E-state index contributed by atoms with van der Waals surface area (Å²) in [5.41, 5.74) is -7.07. The van der Waals surface area contributed by atoms with Crippen molar-refractivity contribution in [1.82, 2.24) is 0 Å². The molecule has 5 aromatic rings. The lowest BCUT2D eigenvalue weighted by Gasteiger charge is -2.30. The van der Waals surface area contributed by atoms with Crippen LogP contribution in [0.3, 0.4) is 0 Å². The fourth-order valence-electron chi connectivity index (χ4n) is 4.96. The van der Waals surface area contributed by atoms with E-state index >= 15 is 0 Å². The largest absolute Gasteiger partial charge is 0.416 e. The molecule has 5 rings (SSSR count). The number of anilines is 6. The van der Waals surface area contributed by atoms with E-state index in [1.54, 1.807) is 0 Å². The summed E-state index contributed by atoms with van der Waals surface area (Å²) in [7, 11) is 0. The molecule has 0 aromatic heterocycles. The summed E-state index contributed by atoms with van der Waals surface area (Å²) < 4.78 is 167. The van der Waals surface area contributed by atoms with Gasteiger partial charge in [0.05, 0.1) is 22.3 Å². The van der Waals surface area contributed by atoms with Gasteiger partial charge >= 0.3 is 24.7 Å². The predicted octanol–water partition coefficient (Wildman–Crippen LogP) is 14.2. The van der Waals surface area contributed by atoms with Crippen LogP contribution < -0.4 is 9.80 Å². The van der Waals surface area contributed by atoms with Gasteiger partial charge in [0.25, 0.3) is 0 Å². The second kappa shape index (κ2) is 13.5. The highest BCUT2D eigenvalue weighted by Crippen LogP contribution is 2.46. The first-order chi connectivity index (χ1) is 23.1. The summed E-state index contributed by atoms with van der Waals surface area (Å²) >= 11 is 6.45. The minimum atomic E-state index is -5.16. The first-order valence-corrected chi connectivity index (χ1v) is 15.5. The Morgan fingerprint density at radius 1 is 0.300 bits per heavy atom. The van der Waals surface area contributed by atoms with Crippen LogP contribution in [0.15, 0.2) is 118 Å². The lowest BCUT2D eigenvalue weighted by atomic mass is 10.1. The van der Waals surface area contributed by atoms with Gasteiger partial charge < -0.3 is 9.80 Å². The van der Waals surface area contributed by atoms with Gasteiger partial charge in [0, 0.05) is 43.1 Å². The predicted molar refractivity (Wildman–Crippen MR) is 171 cm³/mol. The van der Waals surface area contributed by atoms with Crippen LogP contribution in [-0.2, 0) is 24.7 Å². The van der Waals surface area contributed by atoms with Gasteiger partial charge in [0.1, 0.15) is 0 Å². The van der Waals surface area contributed by atoms with Gasteiger partial charge in [-0.05, 0) is 109 Å². The highest BCUT2D eigenvalue weighted by Gasteiger charge is 2.39. The van der Waals surface area contributed by atoms with E-state index in [0.717, 1.165) is 9.80 Å². The van der Waals surface area contributed by atoms with Gasteiger partial charge in [-0.15, -0.1) is 0 Å². The highest BCUT2D eigenvalue weighted by molar-refractivity contribution is 9.10. The minimum absolute atomic E-state index is 0.0132. The number of halogens is 14. The van der Waals surface area contributed by atoms with Crippen molar-refractivity contribution in [3.63, 3.8) is 0 Å². The van der Waals surface area contributed by atoms with Crippen LogP contribution in [0.5, 0.6) is 0 Å². The topological polar surface area (TPSA) is 6.48 Å². The molecule has 16 heteroatoms. The molecule has 0 heterocycles. The van der Waals surface area contributed by atoms with Crippen LogP contribution in [0.25, 0.3) is 0 Å². The van der Waals surface area contributed by atoms with Crippen LogP contribution in [0.4, 0.5) is 86.8 Å². The van der Waals surface area contributed by atoms with E-state index in [1.807, 2.05) is 0 Å². The molecule has 0 aliphatic rings. The van der Waals surface area contributed by atoms with Crippen molar-refractivity contribution < 1.29 is 52.7 Å². The van der Waals surface area contributed by atoms with Crippen molar-refractivity contribution in [3.8, 4) is 0 Å². The van der Waals surface area contributed by atoms with E-state index in [1.165, 1.54) is 72.8 Å². The maximum Gasteiger partial charge on any atom is 0.416 e. The summed E-state index contributed by atoms with van der Waals surface area (Å²) in [6.07, 6.45) is -20.6. The molecule has 0 spiro atoms. The van der Waals surface area contributed by atoms with Gasteiger partial charge in [0.15, 0.2) is 0 Å². The average Bonchev–Trinajstić information content (AvgIpc) is 3.02. The van der Waals surface area contributed by atoms with Crippen LogP contribution in [0.1, 0.15) is 22.3 Å². The lowest BCUT2D eigenvalue weighted by molar-refractivity contribution is -0.144. The second-order valence-corrected chi connectivity index (χ2v) is 12.5. The molecule has 0 saturated carbocycles. The third-order valence-electron chi connectivity index (χ3n) is 7.20. The maximum atomic E-state index is 13.8. The Morgan fingerprint density at radius 3 is 0.700 bits per heavy atom. The minimum Gasteiger partial charge on any atom is -0.310 e. The standard InChI is InChI=1S/C34H18Br2F12N2/c35-23-1-5-25(6-2-23)49(29-15-19(31(37,38)39)13-20(16-29)32(40,41)42)27-9-11-28(12-10-27)50(26-7-3-24(36)4-8-26)30-17-21(33(43,44)45)14-22(18-30)34(46,47)48/h1-18H. The zero-order valence-corrected chi connectivity index (χ0v) is 27.8. The monoisotopic (exact) mass is 840 g/mol. The molecule has 0 fully saturated rings. The molecule has 0 radical (unpaired) electrons. The lowest BCUT2D eigenvalue weighted by Crippen LogP contribution is -2.17. The molecular formula is C34H18Br2F12N2. The Morgan fingerprint density at radius 2 is 0.500 bits per heavy atom. The van der Waals surface area contributed by atoms with Crippen molar-refractivity contribution in [3.05, 3.63) is 140 Å². The van der Waals surface area contributed by atoms with Crippen molar-refractivity contribution in [2.75, 3.05) is 9.80 Å². The van der Waals surface area contributed by atoms with Gasteiger partial charge in [-0.1, -0.05) is 31.9 Å². The fourth-order valence-corrected chi connectivity index (χ4v) is 5.49. The summed E-state index contributed by atoms with van der Waals surface area (Å²) in [4.78, 5) is 2.19. The van der Waals surface area contributed by atoms with Crippen molar-refractivity contribution in [2.45, 2.75) is 24.7 Å². The van der Waals surface area contributed by atoms with E-state index < -0.39 is 58.3 Å². The van der Waals surface area contributed by atoms with Crippen molar-refractivity contribution in [1.29, 1.82) is 0 Å². The zero-order chi connectivity index (χ0) is 36.8. The smallest absolute Gasteiger partial charge is 0.310 e. The molecule has 0 N–H and O–H groups in total. The first kappa shape index (κ1) is 37.1. The second-order valence-electron chi connectivity index (χ2n) is 10.7. The van der Waals surface area contributed by atoms with E-state index in [4.69, 9.17) is 0 Å². The van der Waals surface area contributed by atoms with Gasteiger partial charge in [-0.25, -0.2) is 0 Å². The Hall–Kier alpha value is -4.18. The SMILES string of the molecule is FC(F)(F)c1cc(N(c2ccc(Br)cc2)c2ccc(N(c3ccc(Br)cc3)c3cc(C(F)(F)F)cc(C(F)(F)F)c3)cc2)cc(C(F)(F)F)c1.